The van der Waals surface area contributed by atoms with E-state index in [4.69, 9.17) is 0 Å². The number of nitrogens with one attached hydrogen (secondary N) is 1. The van der Waals surface area contributed by atoms with Gasteiger partial charge in [0.1, 0.15) is 0 Å². The molecule has 8 heteroatoms. The number of carbonyl (C=O) groups excluding carboxylic acids is 1. The Balaban J connectivity index is 2.23. The topological polar surface area (TPSA) is 106 Å². The molecular formula is C17H24N2O5S. The first kappa shape index (κ1) is 19.4. The van der Waals surface area contributed by atoms with E-state index < -0.39 is 26.4 Å². The molecule has 2 rings (SSSR count). The molecule has 138 valence electrons. The predicted octanol–water partition coefficient (Wildman–Crippen LogP) is 3.09. The molecule has 1 saturated carbocycles. The monoisotopic (exact) mass is 368 g/mol. The number of non-ortho nitro benzene ring substituents is 1. The van der Waals surface area contributed by atoms with Gasteiger partial charge >= 0.3 is 0 Å². The van der Waals surface area contributed by atoms with Crippen molar-refractivity contribution in [2.24, 2.45) is 5.92 Å². The van der Waals surface area contributed by atoms with Crippen LogP contribution in [0.25, 0.3) is 0 Å². The van der Waals surface area contributed by atoms with Crippen molar-refractivity contribution in [3.8, 4) is 0 Å². The molecule has 2 unspecified atom stereocenters. The Kier molecular flexibility index (Phi) is 6.16. The number of amides is 1. The largest absolute Gasteiger partial charge is 0.349 e. The van der Waals surface area contributed by atoms with Gasteiger partial charge in [-0.2, -0.15) is 0 Å². The first-order chi connectivity index (χ1) is 11.7. The summed E-state index contributed by atoms with van der Waals surface area (Å²) in [5.74, 6) is -0.0426. The zero-order valence-corrected chi connectivity index (χ0v) is 15.3. The molecule has 1 aliphatic carbocycles. The molecular weight excluding hydrogens is 344 g/mol. The number of benzene rings is 1. The van der Waals surface area contributed by atoms with Crippen LogP contribution in [-0.2, 0) is 9.84 Å². The molecule has 25 heavy (non-hydrogen) atoms. The van der Waals surface area contributed by atoms with Crippen molar-refractivity contribution in [2.45, 2.75) is 56.4 Å². The summed E-state index contributed by atoms with van der Waals surface area (Å²) in [6.07, 6.45) is 7.20. The fourth-order valence-corrected chi connectivity index (χ4v) is 4.00. The number of unbranched alkanes of at least 4 members (excludes halogenated alkanes) is 1. The van der Waals surface area contributed by atoms with E-state index in [-0.39, 0.29) is 16.5 Å². The van der Waals surface area contributed by atoms with E-state index >= 15 is 0 Å². The molecule has 1 aliphatic rings. The SMILES string of the molecule is CCCCC1CCCC1NC(=O)c1cc([N+](=O)[O-])cc(S(C)(=O)=O)c1. The van der Waals surface area contributed by atoms with Gasteiger partial charge in [-0.3, -0.25) is 14.9 Å². The molecule has 0 saturated heterocycles. The highest BCUT2D eigenvalue weighted by Gasteiger charge is 2.29. The van der Waals surface area contributed by atoms with Crippen LogP contribution in [0.2, 0.25) is 0 Å². The second-order valence-electron chi connectivity index (χ2n) is 6.66. The Morgan fingerprint density at radius 2 is 2.04 bits per heavy atom. The molecule has 1 amide bonds. The number of nitro groups is 1. The minimum Gasteiger partial charge on any atom is -0.349 e. The van der Waals surface area contributed by atoms with Crippen LogP contribution < -0.4 is 5.32 Å². The van der Waals surface area contributed by atoms with Crippen LogP contribution in [0, 0.1) is 16.0 Å². The average Bonchev–Trinajstić information content (AvgIpc) is 2.98. The first-order valence-corrected chi connectivity index (χ1v) is 10.4. The summed E-state index contributed by atoms with van der Waals surface area (Å²) in [6.45, 7) is 2.12. The van der Waals surface area contributed by atoms with Crippen LogP contribution in [0.4, 0.5) is 5.69 Å². The third-order valence-electron chi connectivity index (χ3n) is 4.70. The summed E-state index contributed by atoms with van der Waals surface area (Å²) in [7, 11) is -3.65. The average molecular weight is 368 g/mol. The molecule has 0 aromatic heterocycles. The van der Waals surface area contributed by atoms with Crippen molar-refractivity contribution in [3.63, 3.8) is 0 Å². The zero-order valence-electron chi connectivity index (χ0n) is 14.5. The maximum Gasteiger partial charge on any atom is 0.271 e. The Labute approximate surface area is 147 Å². The Bertz CT molecular complexity index is 760. The van der Waals surface area contributed by atoms with Crippen molar-refractivity contribution in [3.05, 3.63) is 33.9 Å². The molecule has 0 bridgehead atoms. The maximum absolute atomic E-state index is 12.5. The minimum atomic E-state index is -3.65. The van der Waals surface area contributed by atoms with E-state index in [1.807, 2.05) is 0 Å². The fraction of sp³-hybridized carbons (Fsp3) is 0.588. The molecule has 0 spiro atoms. The van der Waals surface area contributed by atoms with Gasteiger partial charge in [0, 0.05) is 30.0 Å². The second-order valence-corrected chi connectivity index (χ2v) is 8.67. The smallest absolute Gasteiger partial charge is 0.271 e. The predicted molar refractivity (Wildman–Crippen MR) is 94.3 cm³/mol. The standard InChI is InChI=1S/C17H24N2O5S/c1-3-4-6-12-7-5-8-16(12)18-17(20)13-9-14(19(21)22)11-15(10-13)25(2,23)24/h9-12,16H,3-8H2,1-2H3,(H,18,20). The Morgan fingerprint density at radius 1 is 1.32 bits per heavy atom. The van der Waals surface area contributed by atoms with Crippen LogP contribution in [0.5, 0.6) is 0 Å². The van der Waals surface area contributed by atoms with Gasteiger partial charge in [-0.05, 0) is 31.2 Å². The molecule has 1 fully saturated rings. The summed E-state index contributed by atoms with van der Waals surface area (Å²) in [5, 5.41) is 14.0. The number of nitrogens with zero attached hydrogens (tertiary/aromatic N) is 1. The minimum absolute atomic E-state index is 0.00997. The molecule has 1 aromatic carbocycles. The van der Waals surface area contributed by atoms with Gasteiger partial charge in [-0.1, -0.05) is 26.2 Å². The Morgan fingerprint density at radius 3 is 2.64 bits per heavy atom. The van der Waals surface area contributed by atoms with Crippen molar-refractivity contribution >= 4 is 21.4 Å². The van der Waals surface area contributed by atoms with Gasteiger partial charge in [0.25, 0.3) is 11.6 Å². The van der Waals surface area contributed by atoms with Crippen molar-refractivity contribution in [1.82, 2.24) is 5.32 Å². The summed E-state index contributed by atoms with van der Waals surface area (Å²) in [5.41, 5.74) is -0.391. The van der Waals surface area contributed by atoms with Gasteiger partial charge in [-0.25, -0.2) is 8.42 Å². The summed E-state index contributed by atoms with van der Waals surface area (Å²) < 4.78 is 23.5. The van der Waals surface area contributed by atoms with E-state index in [0.29, 0.717) is 5.92 Å². The Hall–Kier alpha value is -1.96. The lowest BCUT2D eigenvalue weighted by Gasteiger charge is -2.21. The van der Waals surface area contributed by atoms with Crippen LogP contribution in [0.3, 0.4) is 0 Å². The summed E-state index contributed by atoms with van der Waals surface area (Å²) in [4.78, 5) is 22.7. The quantitative estimate of drug-likeness (QED) is 0.588. The lowest BCUT2D eigenvalue weighted by molar-refractivity contribution is -0.385. The first-order valence-electron chi connectivity index (χ1n) is 8.52. The fourth-order valence-electron chi connectivity index (χ4n) is 3.32. The van der Waals surface area contributed by atoms with Gasteiger partial charge in [0.2, 0.25) is 0 Å². The van der Waals surface area contributed by atoms with Gasteiger partial charge in [-0.15, -0.1) is 0 Å². The normalized spacial score (nSPS) is 20.4. The van der Waals surface area contributed by atoms with Crippen molar-refractivity contribution in [2.75, 3.05) is 6.26 Å². The lowest BCUT2D eigenvalue weighted by atomic mass is 9.96. The number of hydrogen-bond donors (Lipinski definition) is 1. The van der Waals surface area contributed by atoms with E-state index in [0.717, 1.165) is 56.9 Å². The third-order valence-corrected chi connectivity index (χ3v) is 5.79. The number of hydrogen-bond acceptors (Lipinski definition) is 5. The van der Waals surface area contributed by atoms with Gasteiger partial charge < -0.3 is 5.32 Å². The summed E-state index contributed by atoms with van der Waals surface area (Å²) in [6, 6.07) is 3.35. The number of carbonyl (C=O) groups is 1. The number of sulfone groups is 1. The lowest BCUT2D eigenvalue weighted by Crippen LogP contribution is -2.37. The molecule has 0 heterocycles. The van der Waals surface area contributed by atoms with E-state index in [2.05, 4.69) is 12.2 Å². The summed E-state index contributed by atoms with van der Waals surface area (Å²) >= 11 is 0. The third kappa shape index (κ3) is 5.01. The number of nitro benzene ring substituents is 1. The highest BCUT2D eigenvalue weighted by atomic mass is 32.2. The van der Waals surface area contributed by atoms with Gasteiger partial charge in [0.05, 0.1) is 9.82 Å². The van der Waals surface area contributed by atoms with Crippen LogP contribution >= 0.6 is 0 Å². The molecule has 1 aromatic rings. The number of rotatable bonds is 7. The molecule has 2 atom stereocenters. The van der Waals surface area contributed by atoms with Crippen LogP contribution in [0.15, 0.2) is 23.1 Å². The molecule has 0 radical (unpaired) electrons. The van der Waals surface area contributed by atoms with E-state index in [9.17, 15) is 23.3 Å². The zero-order chi connectivity index (χ0) is 18.6. The van der Waals surface area contributed by atoms with Gasteiger partial charge in [0.15, 0.2) is 9.84 Å². The second kappa shape index (κ2) is 7.95. The maximum atomic E-state index is 12.5. The molecule has 7 nitrogen and oxygen atoms in total. The van der Waals surface area contributed by atoms with Crippen LogP contribution in [-0.4, -0.2) is 31.5 Å². The molecule has 1 N–H and O–H groups in total. The van der Waals surface area contributed by atoms with E-state index in [1.165, 1.54) is 6.07 Å². The van der Waals surface area contributed by atoms with Crippen molar-refractivity contribution in [1.29, 1.82) is 0 Å². The van der Waals surface area contributed by atoms with Crippen LogP contribution in [0.1, 0.15) is 55.8 Å². The highest BCUT2D eigenvalue weighted by Crippen LogP contribution is 2.30. The van der Waals surface area contributed by atoms with E-state index in [1.54, 1.807) is 0 Å². The molecule has 0 aliphatic heterocycles. The highest BCUT2D eigenvalue weighted by molar-refractivity contribution is 7.90. The van der Waals surface area contributed by atoms with Crippen molar-refractivity contribution < 1.29 is 18.1 Å².